The molecule has 74 valence electrons. The molecule has 0 saturated heterocycles. The van der Waals surface area contributed by atoms with Gasteiger partial charge in [-0.3, -0.25) is 0 Å². The molecule has 0 saturated carbocycles. The van der Waals surface area contributed by atoms with Crippen LogP contribution in [0.15, 0.2) is 24.3 Å². The lowest BCUT2D eigenvalue weighted by Gasteiger charge is -1.91. The minimum absolute atomic E-state index is 0.874. The fourth-order valence-corrected chi connectivity index (χ4v) is 2.64. The molecular formula is C11H13NOS. The first kappa shape index (κ1) is 9.62. The van der Waals surface area contributed by atoms with Crippen LogP contribution in [0.5, 0.6) is 0 Å². The van der Waals surface area contributed by atoms with E-state index in [2.05, 4.69) is 11.3 Å². The van der Waals surface area contributed by atoms with E-state index in [-0.39, 0.29) is 0 Å². The van der Waals surface area contributed by atoms with Crippen molar-refractivity contribution in [2.75, 3.05) is 0 Å². The minimum Gasteiger partial charge on any atom is -0.568 e. The van der Waals surface area contributed by atoms with E-state index < -0.39 is 10.9 Å². The number of benzene rings is 1. The Labute approximate surface area is 86.5 Å². The van der Waals surface area contributed by atoms with Crippen molar-refractivity contribution in [1.29, 1.82) is 0 Å². The van der Waals surface area contributed by atoms with E-state index in [0.29, 0.717) is 0 Å². The number of nitrogens with zero attached hydrogens (tertiary/aromatic N) is 1. The van der Waals surface area contributed by atoms with Gasteiger partial charge in [-0.05, 0) is 23.3 Å². The second-order valence-corrected chi connectivity index (χ2v) is 4.51. The number of hydrogen-bond donors (Lipinski definition) is 0. The Kier molecular flexibility index (Phi) is 2.79. The molecule has 0 bridgehead atoms. The fourth-order valence-electron chi connectivity index (χ4n) is 1.58. The summed E-state index contributed by atoms with van der Waals surface area (Å²) in [6.07, 6.45) is 3.21. The van der Waals surface area contributed by atoms with Gasteiger partial charge < -0.3 is 4.55 Å². The zero-order chi connectivity index (χ0) is 9.97. The van der Waals surface area contributed by atoms with Gasteiger partial charge >= 0.3 is 0 Å². The average Bonchev–Trinajstić information content (AvgIpc) is 2.54. The summed E-state index contributed by atoms with van der Waals surface area (Å²) in [5, 5.41) is 1.08. The van der Waals surface area contributed by atoms with Gasteiger partial charge in [0, 0.05) is 6.07 Å². The quantitative estimate of drug-likeness (QED) is 0.724. The van der Waals surface area contributed by atoms with E-state index in [1.165, 1.54) is 0 Å². The van der Waals surface area contributed by atoms with Crippen LogP contribution in [0.25, 0.3) is 10.1 Å². The average molecular weight is 207 g/mol. The molecule has 0 aliphatic heterocycles. The molecule has 0 N–H and O–H groups in total. The van der Waals surface area contributed by atoms with Crippen molar-refractivity contribution in [3.8, 4) is 0 Å². The van der Waals surface area contributed by atoms with Crippen LogP contribution >= 0.6 is 10.9 Å². The van der Waals surface area contributed by atoms with E-state index in [1.54, 1.807) is 0 Å². The third-order valence-electron chi connectivity index (χ3n) is 2.35. The van der Waals surface area contributed by atoms with Crippen LogP contribution in [0, 0.1) is 0 Å². The number of aryl methyl sites for hydroxylation is 1. The van der Waals surface area contributed by atoms with Crippen LogP contribution in [0.3, 0.4) is 0 Å². The molecular weight excluding hydrogens is 194 g/mol. The second kappa shape index (κ2) is 4.07. The summed E-state index contributed by atoms with van der Waals surface area (Å²) in [6, 6.07) is 7.79. The molecule has 2 aromatic rings. The number of fused-ring (bicyclic) bond motifs is 1. The van der Waals surface area contributed by atoms with Crippen molar-refractivity contribution in [2.45, 2.75) is 26.2 Å². The van der Waals surface area contributed by atoms with Crippen LogP contribution < -0.4 is 0 Å². The predicted molar refractivity (Wildman–Crippen MR) is 59.0 cm³/mol. The van der Waals surface area contributed by atoms with E-state index >= 15 is 0 Å². The predicted octanol–water partition coefficient (Wildman–Crippen LogP) is 3.31. The molecule has 2 rings (SSSR count). The third kappa shape index (κ3) is 1.65. The molecule has 1 aromatic carbocycles. The smallest absolute Gasteiger partial charge is 0.206 e. The molecule has 0 aliphatic rings. The topological polar surface area (TPSA) is 36.0 Å². The van der Waals surface area contributed by atoms with E-state index in [9.17, 15) is 4.55 Å². The molecule has 2 nitrogen and oxygen atoms in total. The van der Waals surface area contributed by atoms with Gasteiger partial charge in [0.15, 0.2) is 0 Å². The zero-order valence-corrected chi connectivity index (χ0v) is 9.01. The Hall–Kier alpha value is -0.930. The second-order valence-electron chi connectivity index (χ2n) is 3.39. The zero-order valence-electron chi connectivity index (χ0n) is 8.19. The van der Waals surface area contributed by atoms with Gasteiger partial charge in [-0.1, -0.05) is 25.5 Å². The van der Waals surface area contributed by atoms with Crippen LogP contribution in [0.1, 0.15) is 25.5 Å². The van der Waals surface area contributed by atoms with Crippen LogP contribution in [0.2, 0.25) is 0 Å². The van der Waals surface area contributed by atoms with Crippen LogP contribution in [-0.4, -0.2) is 8.93 Å². The van der Waals surface area contributed by atoms with Gasteiger partial charge in [0.05, 0.1) is 16.3 Å². The maximum absolute atomic E-state index is 11.6. The van der Waals surface area contributed by atoms with Gasteiger partial charge in [-0.2, -0.15) is 0 Å². The maximum atomic E-state index is 11.6. The normalized spacial score (nSPS) is 12.3. The summed E-state index contributed by atoms with van der Waals surface area (Å²) >= 11 is 0. The molecule has 0 amide bonds. The van der Waals surface area contributed by atoms with Gasteiger partial charge in [0.25, 0.3) is 0 Å². The van der Waals surface area contributed by atoms with Crippen molar-refractivity contribution in [3.63, 3.8) is 0 Å². The van der Waals surface area contributed by atoms with Crippen molar-refractivity contribution < 1.29 is 4.55 Å². The van der Waals surface area contributed by atoms with Gasteiger partial charge in [0.1, 0.15) is 5.69 Å². The molecule has 1 aromatic heterocycles. The van der Waals surface area contributed by atoms with Crippen molar-refractivity contribution in [2.24, 2.45) is 0 Å². The van der Waals surface area contributed by atoms with Crippen molar-refractivity contribution in [1.82, 2.24) is 4.37 Å². The van der Waals surface area contributed by atoms with Gasteiger partial charge in [0.2, 0.25) is 4.70 Å². The number of aromatic nitrogens is 1. The Balaban J connectivity index is 2.44. The first-order chi connectivity index (χ1) is 6.83. The first-order valence-electron chi connectivity index (χ1n) is 4.91. The number of unbranched alkanes of at least 4 members (excludes halogenated alkanes) is 1. The molecule has 1 unspecified atom stereocenters. The molecule has 14 heavy (non-hydrogen) atoms. The van der Waals surface area contributed by atoms with Gasteiger partial charge in [-0.25, -0.2) is 0 Å². The van der Waals surface area contributed by atoms with Gasteiger partial charge in [-0.15, -0.1) is 0 Å². The minimum atomic E-state index is -1.14. The highest BCUT2D eigenvalue weighted by atomic mass is 32.2. The SMILES string of the molecule is CCCCc1n[s+]([O-])c2ccccc12. The highest BCUT2D eigenvalue weighted by Gasteiger charge is 2.13. The molecule has 0 fully saturated rings. The molecule has 0 radical (unpaired) electrons. The Morgan fingerprint density at radius 1 is 1.36 bits per heavy atom. The summed E-state index contributed by atoms with van der Waals surface area (Å²) in [4.78, 5) is 0. The van der Waals surface area contributed by atoms with E-state index in [0.717, 1.165) is 35.0 Å². The molecule has 1 atom stereocenters. The molecule has 0 spiro atoms. The summed E-state index contributed by atoms with van der Waals surface area (Å²) in [7, 11) is -1.14. The Morgan fingerprint density at radius 3 is 2.93 bits per heavy atom. The first-order valence-corrected chi connectivity index (χ1v) is 6.02. The highest BCUT2D eigenvalue weighted by Crippen LogP contribution is 2.29. The lowest BCUT2D eigenvalue weighted by Crippen LogP contribution is -1.84. The third-order valence-corrected chi connectivity index (χ3v) is 3.46. The lowest BCUT2D eigenvalue weighted by molar-refractivity contribution is 0.592. The molecule has 3 heteroatoms. The van der Waals surface area contributed by atoms with Crippen LogP contribution in [-0.2, 0) is 6.42 Å². The summed E-state index contributed by atoms with van der Waals surface area (Å²) in [5.74, 6) is 0. The Bertz CT molecular complexity index is 436. The monoisotopic (exact) mass is 207 g/mol. The summed E-state index contributed by atoms with van der Waals surface area (Å²) in [6.45, 7) is 2.15. The fraction of sp³-hybridized carbons (Fsp3) is 0.364. The van der Waals surface area contributed by atoms with E-state index in [4.69, 9.17) is 0 Å². The lowest BCUT2D eigenvalue weighted by atomic mass is 10.1. The summed E-state index contributed by atoms with van der Waals surface area (Å²) < 4.78 is 16.6. The standard InChI is InChI=1S/C11H13NOS/c1-2-3-7-10-9-6-4-5-8-11(9)14(13)12-10/h4-6,8H,2-3,7H2,1H3. The maximum Gasteiger partial charge on any atom is 0.206 e. The van der Waals surface area contributed by atoms with Crippen molar-refractivity contribution >= 4 is 21.0 Å². The highest BCUT2D eigenvalue weighted by molar-refractivity contribution is 7.26. The number of rotatable bonds is 3. The molecule has 1 heterocycles. The largest absolute Gasteiger partial charge is 0.568 e. The Morgan fingerprint density at radius 2 is 2.14 bits per heavy atom. The molecule has 0 aliphatic carbocycles. The summed E-state index contributed by atoms with van der Waals surface area (Å²) in [5.41, 5.74) is 1.01. The number of hydrogen-bond acceptors (Lipinski definition) is 2. The van der Waals surface area contributed by atoms with Crippen molar-refractivity contribution in [3.05, 3.63) is 30.0 Å². The van der Waals surface area contributed by atoms with Crippen LogP contribution in [0.4, 0.5) is 0 Å². The van der Waals surface area contributed by atoms with E-state index in [1.807, 2.05) is 24.3 Å².